The first kappa shape index (κ1) is 12.4. The maximum absolute atomic E-state index is 10.4. The minimum atomic E-state index is 0.272. The zero-order chi connectivity index (χ0) is 13.0. The second kappa shape index (κ2) is 5.50. The van der Waals surface area contributed by atoms with Gasteiger partial charge in [-0.3, -0.25) is 0 Å². The van der Waals surface area contributed by atoms with Crippen molar-refractivity contribution in [3.63, 3.8) is 0 Å². The van der Waals surface area contributed by atoms with Gasteiger partial charge in [0.2, 0.25) is 0 Å². The van der Waals surface area contributed by atoms with Crippen LogP contribution in [0.15, 0.2) is 42.5 Å². The van der Waals surface area contributed by atoms with E-state index in [1.165, 1.54) is 0 Å². The Morgan fingerprint density at radius 3 is 2.50 bits per heavy atom. The lowest BCUT2D eigenvalue weighted by atomic mass is 9.93. The van der Waals surface area contributed by atoms with Gasteiger partial charge < -0.3 is 9.90 Å². The summed E-state index contributed by atoms with van der Waals surface area (Å²) in [6, 6.07) is 13.3. The molecule has 2 nitrogen and oxygen atoms in total. The van der Waals surface area contributed by atoms with E-state index in [9.17, 15) is 9.90 Å². The molecule has 1 N–H and O–H groups in total. The number of aromatic hydroxyl groups is 1. The van der Waals surface area contributed by atoms with Crippen LogP contribution in [0.4, 0.5) is 0 Å². The van der Waals surface area contributed by atoms with Gasteiger partial charge in [0.25, 0.3) is 0 Å². The Kier molecular flexibility index (Phi) is 3.78. The average Bonchev–Trinajstić information content (AvgIpc) is 2.39. The maximum Gasteiger partial charge on any atom is 0.124 e. The Bertz CT molecular complexity index is 545. The van der Waals surface area contributed by atoms with Crippen molar-refractivity contribution in [2.45, 2.75) is 13.3 Å². The summed E-state index contributed by atoms with van der Waals surface area (Å²) in [5.74, 6) is 0.272. The van der Waals surface area contributed by atoms with E-state index >= 15 is 0 Å². The summed E-state index contributed by atoms with van der Waals surface area (Å²) in [4.78, 5) is 10.4. The quantitative estimate of drug-likeness (QED) is 0.831. The summed E-state index contributed by atoms with van der Waals surface area (Å²) >= 11 is 0. The zero-order valence-electron chi connectivity index (χ0n) is 10.3. The highest BCUT2D eigenvalue weighted by Crippen LogP contribution is 2.34. The predicted molar refractivity (Wildman–Crippen MR) is 72.3 cm³/mol. The third kappa shape index (κ3) is 2.43. The average molecular weight is 239 g/mol. The number of phenols is 1. The van der Waals surface area contributed by atoms with Crippen LogP contribution in [0.3, 0.4) is 0 Å². The van der Waals surface area contributed by atoms with Gasteiger partial charge in [-0.2, -0.15) is 0 Å². The smallest absolute Gasteiger partial charge is 0.124 e. The summed E-state index contributed by atoms with van der Waals surface area (Å²) in [7, 11) is 0. The van der Waals surface area contributed by atoms with E-state index in [0.717, 1.165) is 28.5 Å². The van der Waals surface area contributed by atoms with E-state index in [0.29, 0.717) is 6.42 Å². The van der Waals surface area contributed by atoms with Crippen LogP contribution in [-0.4, -0.2) is 11.4 Å². The molecule has 91 valence electrons. The van der Waals surface area contributed by atoms with Crippen molar-refractivity contribution < 1.29 is 9.90 Å². The molecule has 0 spiro atoms. The Labute approximate surface area is 107 Å². The first-order valence-electron chi connectivity index (χ1n) is 5.88. The Morgan fingerprint density at radius 2 is 1.83 bits per heavy atom. The normalized spacial score (nSPS) is 10.3. The third-order valence-corrected chi connectivity index (χ3v) is 3.05. The zero-order valence-corrected chi connectivity index (χ0v) is 10.3. The molecule has 0 bridgehead atoms. The lowest BCUT2D eigenvalue weighted by molar-refractivity contribution is -0.105. The molecule has 2 aromatic rings. The van der Waals surface area contributed by atoms with Crippen molar-refractivity contribution in [1.82, 2.24) is 0 Å². The van der Waals surface area contributed by atoms with Crippen LogP contribution in [0.25, 0.3) is 11.1 Å². The van der Waals surface area contributed by atoms with E-state index < -0.39 is 0 Å². The minimum Gasteiger partial charge on any atom is -0.507 e. The van der Waals surface area contributed by atoms with Crippen LogP contribution in [-0.2, 0) is 11.2 Å². The summed E-state index contributed by atoms with van der Waals surface area (Å²) in [6.45, 7) is 1.97. The number of phenolic OH excluding ortho intramolecular Hbond substituents is 1. The topological polar surface area (TPSA) is 37.3 Å². The summed E-state index contributed by atoms with van der Waals surface area (Å²) in [6.07, 6.45) is 2.97. The van der Waals surface area contributed by atoms with Gasteiger partial charge in [-0.25, -0.2) is 0 Å². The molecule has 0 unspecified atom stereocenters. The van der Waals surface area contributed by atoms with Gasteiger partial charge in [-0.05, 0) is 36.1 Å². The van der Waals surface area contributed by atoms with Crippen LogP contribution >= 0.6 is 0 Å². The number of rotatable bonds is 4. The molecule has 2 heteroatoms. The van der Waals surface area contributed by atoms with Crippen LogP contribution in [0, 0.1) is 13.3 Å². The lowest BCUT2D eigenvalue weighted by Gasteiger charge is -2.12. The number of benzene rings is 2. The largest absolute Gasteiger partial charge is 0.507 e. The molecule has 0 amide bonds. The van der Waals surface area contributed by atoms with Crippen LogP contribution in [0.2, 0.25) is 0 Å². The monoisotopic (exact) mass is 239 g/mol. The van der Waals surface area contributed by atoms with Crippen molar-refractivity contribution in [1.29, 1.82) is 0 Å². The fourth-order valence-electron chi connectivity index (χ4n) is 2.11. The van der Waals surface area contributed by atoms with Gasteiger partial charge >= 0.3 is 0 Å². The number of carbonyl (C=O) groups excluding carboxylic acids is 1. The van der Waals surface area contributed by atoms with Gasteiger partial charge in [0.1, 0.15) is 12.0 Å². The van der Waals surface area contributed by atoms with Crippen molar-refractivity contribution >= 4 is 6.29 Å². The fraction of sp³-hybridized carbons (Fsp3) is 0.125. The number of hydrogen-bond acceptors (Lipinski definition) is 2. The maximum atomic E-state index is 10.4. The molecule has 0 aliphatic heterocycles. The van der Waals surface area contributed by atoms with Gasteiger partial charge in [-0.15, -0.1) is 0 Å². The van der Waals surface area contributed by atoms with Crippen molar-refractivity contribution in [2.75, 3.05) is 0 Å². The van der Waals surface area contributed by atoms with E-state index in [2.05, 4.69) is 0 Å². The molecule has 18 heavy (non-hydrogen) atoms. The number of hydrogen-bond donors (Lipinski definition) is 1. The standard InChI is InChI=1S/C16H15O2/c1-12-13(8-5-11-17)9-10-15(18)16(12)14-6-3-2-4-7-14/h2-7,9-11,18H,8H2,1H3. The highest BCUT2D eigenvalue weighted by atomic mass is 16.3. The van der Waals surface area contributed by atoms with Gasteiger partial charge in [-0.1, -0.05) is 36.4 Å². The van der Waals surface area contributed by atoms with Crippen molar-refractivity contribution in [3.05, 3.63) is 60.0 Å². The van der Waals surface area contributed by atoms with E-state index in [1.54, 1.807) is 12.5 Å². The molecule has 1 radical (unpaired) electrons. The lowest BCUT2D eigenvalue weighted by Crippen LogP contribution is -1.94. The summed E-state index contributed by atoms with van der Waals surface area (Å²) in [5, 5.41) is 10.0. The molecule has 0 atom stereocenters. The minimum absolute atomic E-state index is 0.272. The van der Waals surface area contributed by atoms with Crippen LogP contribution < -0.4 is 0 Å². The summed E-state index contributed by atoms with van der Waals surface area (Å²) in [5.41, 5.74) is 3.89. The predicted octanol–water partition coefficient (Wildman–Crippen LogP) is 3.31. The first-order chi connectivity index (χ1) is 8.74. The number of carbonyl (C=O) groups is 1. The highest BCUT2D eigenvalue weighted by Gasteiger charge is 2.10. The van der Waals surface area contributed by atoms with Gasteiger partial charge in [0.05, 0.1) is 0 Å². The molecule has 0 saturated heterocycles. The molecule has 0 heterocycles. The summed E-state index contributed by atoms with van der Waals surface area (Å²) < 4.78 is 0. The SMILES string of the molecule is Cc1c(C[CH]C=O)ccc(O)c1-c1ccccc1. The molecule has 2 rings (SSSR count). The second-order valence-electron chi connectivity index (χ2n) is 4.19. The Morgan fingerprint density at radius 1 is 1.11 bits per heavy atom. The molecule has 0 aromatic heterocycles. The molecule has 0 aliphatic rings. The van der Waals surface area contributed by atoms with Crippen molar-refractivity contribution in [3.8, 4) is 16.9 Å². The van der Waals surface area contributed by atoms with Crippen LogP contribution in [0.5, 0.6) is 5.75 Å². The number of aldehydes is 1. The fourth-order valence-corrected chi connectivity index (χ4v) is 2.11. The molecular weight excluding hydrogens is 224 g/mol. The highest BCUT2D eigenvalue weighted by molar-refractivity contribution is 5.75. The first-order valence-corrected chi connectivity index (χ1v) is 5.88. The van der Waals surface area contributed by atoms with E-state index in [1.807, 2.05) is 43.3 Å². The molecule has 2 aromatic carbocycles. The molecule has 0 aliphatic carbocycles. The Balaban J connectivity index is 2.49. The third-order valence-electron chi connectivity index (χ3n) is 3.05. The molecule has 0 fully saturated rings. The van der Waals surface area contributed by atoms with E-state index in [-0.39, 0.29) is 5.75 Å². The Hall–Kier alpha value is -2.09. The van der Waals surface area contributed by atoms with E-state index in [4.69, 9.17) is 0 Å². The van der Waals surface area contributed by atoms with Gasteiger partial charge in [0.15, 0.2) is 0 Å². The van der Waals surface area contributed by atoms with Gasteiger partial charge in [0, 0.05) is 12.0 Å². The molecule has 0 saturated carbocycles. The molecular formula is C16H15O2. The van der Waals surface area contributed by atoms with Crippen LogP contribution in [0.1, 0.15) is 11.1 Å². The van der Waals surface area contributed by atoms with Crippen molar-refractivity contribution in [2.24, 2.45) is 0 Å². The second-order valence-corrected chi connectivity index (χ2v) is 4.19.